The molecule has 1 aromatic carbocycles. The lowest BCUT2D eigenvalue weighted by Gasteiger charge is -2.42. The zero-order valence-electron chi connectivity index (χ0n) is 27.2. The van der Waals surface area contributed by atoms with Gasteiger partial charge in [0.05, 0.1) is 23.4 Å². The average Bonchev–Trinajstić information content (AvgIpc) is 3.54. The molecular weight excluding hydrogens is 690 g/mol. The van der Waals surface area contributed by atoms with Crippen molar-refractivity contribution >= 4 is 40.0 Å². The molecule has 5 heterocycles. The molecule has 0 spiro atoms. The second-order valence-electron chi connectivity index (χ2n) is 13.2. The number of nitrogens with zero attached hydrogens (tertiary/aromatic N) is 4. The van der Waals surface area contributed by atoms with E-state index in [9.17, 15) is 40.7 Å². The Kier molecular flexibility index (Phi) is 10.4. The summed E-state index contributed by atoms with van der Waals surface area (Å²) in [6.07, 6.45) is -8.18. The SMILES string of the molecule is Nc1c(C(F)(F)F)cc(C[C@@H](NC(=O)N2CCC(N3Cc4ccsc4NC3=O)CC2)C(=O)N2CCN(C3CCNCC3)CC2)cc1C(F)(F)F. The third-order valence-corrected chi connectivity index (χ3v) is 11.0. The molecular formula is C32H40F6N8O3S. The lowest BCUT2D eigenvalue weighted by Crippen LogP contribution is -2.59. The highest BCUT2D eigenvalue weighted by Crippen LogP contribution is 2.42. The zero-order chi connectivity index (χ0) is 35.8. The molecule has 0 bridgehead atoms. The van der Waals surface area contributed by atoms with Gasteiger partial charge in [0.1, 0.15) is 11.0 Å². The van der Waals surface area contributed by atoms with Crippen LogP contribution in [-0.4, -0.2) is 108 Å². The molecule has 1 aromatic heterocycles. The maximum Gasteiger partial charge on any atom is 0.418 e. The number of hydrogen-bond acceptors (Lipinski definition) is 7. The van der Waals surface area contributed by atoms with E-state index in [-0.39, 0.29) is 25.2 Å². The number of carbonyl (C=O) groups excluding carboxylic acids is 3. The number of thiophene rings is 1. The van der Waals surface area contributed by atoms with Crippen molar-refractivity contribution < 1.29 is 40.7 Å². The number of anilines is 2. The number of rotatable bonds is 6. The predicted octanol–water partition coefficient (Wildman–Crippen LogP) is 4.40. The van der Waals surface area contributed by atoms with E-state index in [0.717, 1.165) is 36.5 Å². The molecule has 0 radical (unpaired) electrons. The Hall–Kier alpha value is -3.77. The fourth-order valence-corrected chi connectivity index (χ4v) is 8.14. The highest BCUT2D eigenvalue weighted by Gasteiger charge is 2.42. The third kappa shape index (κ3) is 7.91. The Morgan fingerprint density at radius 2 is 1.52 bits per heavy atom. The standard InChI is InChI=1S/C32H40F6N8O3S/c33-31(34,35)23-15-19(16-24(26(23)39)32(36,37)38)17-25(28(47)44-12-10-43(11-13-44)21-1-6-40-7-2-21)41-29(48)45-8-3-22(4-9-45)46-18-20-5-14-50-27(20)42-30(46)49/h5,14-16,21-22,25,40H,1-4,6-13,17-18,39H2,(H,41,48)(H,42,49)/t25-/m1/s1. The van der Waals surface area contributed by atoms with E-state index < -0.39 is 59.1 Å². The molecule has 5 amide bonds. The van der Waals surface area contributed by atoms with Gasteiger partial charge in [0.2, 0.25) is 5.91 Å². The van der Waals surface area contributed by atoms with Crippen LogP contribution in [0.15, 0.2) is 23.6 Å². The monoisotopic (exact) mass is 730 g/mol. The summed E-state index contributed by atoms with van der Waals surface area (Å²) in [6, 6.07) is 0.829. The number of nitrogens with two attached hydrogens (primary N) is 1. The molecule has 0 unspecified atom stereocenters. The number of fused-ring (bicyclic) bond motifs is 1. The number of piperidine rings is 2. The minimum absolute atomic E-state index is 0.155. The van der Waals surface area contributed by atoms with Gasteiger partial charge in [-0.3, -0.25) is 15.0 Å². The summed E-state index contributed by atoms with van der Waals surface area (Å²) in [5.74, 6) is -0.589. The Balaban J connectivity index is 1.18. The lowest BCUT2D eigenvalue weighted by atomic mass is 9.96. The number of amides is 5. The Morgan fingerprint density at radius 3 is 2.12 bits per heavy atom. The summed E-state index contributed by atoms with van der Waals surface area (Å²) in [5.41, 5.74) is 1.14. The van der Waals surface area contributed by atoms with Crippen LogP contribution in [0.25, 0.3) is 0 Å². The van der Waals surface area contributed by atoms with Crippen molar-refractivity contribution in [3.63, 3.8) is 0 Å². The van der Waals surface area contributed by atoms with E-state index in [1.54, 1.807) is 4.90 Å². The van der Waals surface area contributed by atoms with E-state index >= 15 is 0 Å². The van der Waals surface area contributed by atoms with E-state index in [1.165, 1.54) is 21.1 Å². The number of likely N-dealkylation sites (tertiary alicyclic amines) is 1. The number of nitrogens with one attached hydrogen (secondary N) is 3. The molecule has 4 aliphatic heterocycles. The summed E-state index contributed by atoms with van der Waals surface area (Å²) in [4.78, 5) is 47.3. The second-order valence-corrected chi connectivity index (χ2v) is 14.1. The fraction of sp³-hybridized carbons (Fsp3) is 0.594. The second kappa shape index (κ2) is 14.5. The third-order valence-electron chi connectivity index (χ3n) is 10.1. The topological polar surface area (TPSA) is 126 Å². The van der Waals surface area contributed by atoms with Crippen LogP contribution in [0.3, 0.4) is 0 Å². The molecule has 274 valence electrons. The summed E-state index contributed by atoms with van der Waals surface area (Å²) < 4.78 is 83.0. The van der Waals surface area contributed by atoms with Crippen molar-refractivity contribution in [2.24, 2.45) is 0 Å². The van der Waals surface area contributed by atoms with E-state index in [2.05, 4.69) is 20.9 Å². The predicted molar refractivity (Wildman–Crippen MR) is 174 cm³/mol. The summed E-state index contributed by atoms with van der Waals surface area (Å²) in [6.45, 7) is 4.37. The van der Waals surface area contributed by atoms with Gasteiger partial charge in [-0.1, -0.05) is 0 Å². The van der Waals surface area contributed by atoms with Crippen LogP contribution in [0.1, 0.15) is 47.9 Å². The fourth-order valence-electron chi connectivity index (χ4n) is 7.35. The smallest absolute Gasteiger partial charge is 0.398 e. The number of urea groups is 2. The van der Waals surface area contributed by atoms with Crippen molar-refractivity contribution in [3.8, 4) is 0 Å². The zero-order valence-corrected chi connectivity index (χ0v) is 28.0. The first kappa shape index (κ1) is 36.0. The van der Waals surface area contributed by atoms with E-state index in [4.69, 9.17) is 5.73 Å². The van der Waals surface area contributed by atoms with Crippen LogP contribution in [0.4, 0.5) is 46.6 Å². The largest absolute Gasteiger partial charge is 0.418 e. The molecule has 4 aliphatic rings. The number of benzene rings is 1. The van der Waals surface area contributed by atoms with Crippen molar-refractivity contribution in [2.45, 2.75) is 69.1 Å². The first-order valence-electron chi connectivity index (χ1n) is 16.7. The maximum absolute atomic E-state index is 14.0. The minimum atomic E-state index is -5.19. The molecule has 5 N–H and O–H groups in total. The van der Waals surface area contributed by atoms with Crippen molar-refractivity contribution in [1.82, 2.24) is 30.2 Å². The van der Waals surface area contributed by atoms with Gasteiger partial charge < -0.3 is 31.1 Å². The number of halogens is 6. The Morgan fingerprint density at radius 1 is 0.900 bits per heavy atom. The number of nitrogen functional groups attached to an aromatic ring is 1. The first-order chi connectivity index (χ1) is 23.7. The van der Waals surface area contributed by atoms with Crippen molar-refractivity contribution in [2.75, 3.05) is 63.4 Å². The molecule has 3 fully saturated rings. The van der Waals surface area contributed by atoms with Gasteiger partial charge in [-0.25, -0.2) is 9.59 Å². The molecule has 2 aromatic rings. The molecule has 1 atom stereocenters. The molecule has 50 heavy (non-hydrogen) atoms. The minimum Gasteiger partial charge on any atom is -0.398 e. The van der Waals surface area contributed by atoms with Gasteiger partial charge in [-0.05, 0) is 67.9 Å². The van der Waals surface area contributed by atoms with Crippen LogP contribution in [0.2, 0.25) is 0 Å². The molecule has 18 heteroatoms. The highest BCUT2D eigenvalue weighted by molar-refractivity contribution is 7.14. The molecule has 11 nitrogen and oxygen atoms in total. The maximum atomic E-state index is 14.0. The average molecular weight is 731 g/mol. The van der Waals surface area contributed by atoms with Crippen LogP contribution in [0.5, 0.6) is 0 Å². The first-order valence-corrected chi connectivity index (χ1v) is 17.6. The van der Waals surface area contributed by atoms with E-state index in [1.807, 2.05) is 11.4 Å². The lowest BCUT2D eigenvalue weighted by molar-refractivity contribution is -0.141. The number of piperazine rings is 1. The van der Waals surface area contributed by atoms with Crippen LogP contribution in [0, 0.1) is 0 Å². The van der Waals surface area contributed by atoms with Crippen molar-refractivity contribution in [3.05, 3.63) is 45.8 Å². The summed E-state index contributed by atoms with van der Waals surface area (Å²) in [5, 5.41) is 11.5. The van der Waals surface area contributed by atoms with Gasteiger partial charge in [0.15, 0.2) is 0 Å². The normalized spacial score (nSPS) is 20.8. The molecule has 6 rings (SSSR count). The quantitative estimate of drug-likeness (QED) is 0.258. The van der Waals surface area contributed by atoms with Gasteiger partial charge in [-0.15, -0.1) is 11.3 Å². The Labute approximate surface area is 289 Å². The van der Waals surface area contributed by atoms with Crippen LogP contribution >= 0.6 is 11.3 Å². The van der Waals surface area contributed by atoms with Gasteiger partial charge in [-0.2, -0.15) is 26.3 Å². The molecule has 0 aliphatic carbocycles. The Bertz CT molecular complexity index is 1530. The van der Waals surface area contributed by atoms with Crippen molar-refractivity contribution in [1.29, 1.82) is 0 Å². The van der Waals surface area contributed by atoms with Crippen LogP contribution in [-0.2, 0) is 30.1 Å². The number of hydrogen-bond donors (Lipinski definition) is 4. The van der Waals surface area contributed by atoms with Gasteiger partial charge >= 0.3 is 24.4 Å². The molecule has 3 saturated heterocycles. The molecule has 0 saturated carbocycles. The van der Waals surface area contributed by atoms with Gasteiger partial charge in [0.25, 0.3) is 0 Å². The van der Waals surface area contributed by atoms with Gasteiger partial charge in [0, 0.05) is 63.3 Å². The summed E-state index contributed by atoms with van der Waals surface area (Å²) in [7, 11) is 0. The summed E-state index contributed by atoms with van der Waals surface area (Å²) >= 11 is 1.44. The van der Waals surface area contributed by atoms with Crippen LogP contribution < -0.4 is 21.7 Å². The number of alkyl halides is 6. The highest BCUT2D eigenvalue weighted by atomic mass is 32.1. The van der Waals surface area contributed by atoms with E-state index in [0.29, 0.717) is 63.7 Å². The number of carbonyl (C=O) groups is 3.